The highest BCUT2D eigenvalue weighted by Gasteiger charge is 2.33. The molecule has 1 aliphatic rings. The largest absolute Gasteiger partial charge is 0.354 e. The molecule has 0 radical (unpaired) electrons. The molecule has 1 aromatic heterocycles. The first-order valence-electron chi connectivity index (χ1n) is 6.90. The van der Waals surface area contributed by atoms with Crippen LogP contribution in [0, 0.1) is 5.92 Å². The number of aromatic nitrogens is 1. The van der Waals surface area contributed by atoms with Gasteiger partial charge in [0.05, 0.1) is 11.3 Å². The molecule has 0 aliphatic heterocycles. The molecule has 0 bridgehead atoms. The number of H-pyrrole nitrogens is 1. The number of nitrogens with one attached hydrogen (secondary N) is 1. The third kappa shape index (κ3) is 1.73. The second-order valence-corrected chi connectivity index (χ2v) is 5.78. The van der Waals surface area contributed by atoms with E-state index in [2.05, 4.69) is 18.8 Å². The number of allylic oxidation sites excluding steroid dienone is 2. The predicted octanol–water partition coefficient (Wildman–Crippen LogP) is 3.75. The normalized spacial score (nSPS) is 15.4. The lowest BCUT2D eigenvalue weighted by atomic mass is 9.84. The number of hydrogen-bond acceptors (Lipinski definition) is 2. The van der Waals surface area contributed by atoms with Gasteiger partial charge in [-0.1, -0.05) is 32.0 Å². The van der Waals surface area contributed by atoms with E-state index in [0.717, 1.165) is 28.6 Å². The average Bonchev–Trinajstić information content (AvgIpc) is 2.80. The molecule has 1 N–H and O–H groups in total. The second-order valence-electron chi connectivity index (χ2n) is 5.78. The fraction of sp³-hybridized carbons (Fsp3) is 0.294. The summed E-state index contributed by atoms with van der Waals surface area (Å²) in [5.41, 5.74) is 3.86. The molecule has 3 rings (SSSR count). The molecule has 102 valence electrons. The van der Waals surface area contributed by atoms with Gasteiger partial charge in [-0.2, -0.15) is 0 Å². The van der Waals surface area contributed by atoms with E-state index in [4.69, 9.17) is 0 Å². The Morgan fingerprint density at radius 1 is 1.10 bits per heavy atom. The monoisotopic (exact) mass is 267 g/mol. The summed E-state index contributed by atoms with van der Waals surface area (Å²) in [6.07, 6.45) is 0.796. The van der Waals surface area contributed by atoms with E-state index in [0.29, 0.717) is 17.1 Å². The Kier molecular flexibility index (Phi) is 2.85. The van der Waals surface area contributed by atoms with Gasteiger partial charge in [-0.05, 0) is 30.9 Å². The van der Waals surface area contributed by atoms with Gasteiger partial charge >= 0.3 is 0 Å². The molecule has 0 amide bonds. The van der Waals surface area contributed by atoms with Crippen molar-refractivity contribution in [2.24, 2.45) is 5.92 Å². The molecule has 0 saturated carbocycles. The van der Waals surface area contributed by atoms with E-state index in [1.54, 1.807) is 6.92 Å². The lowest BCUT2D eigenvalue weighted by molar-refractivity contribution is -0.111. The summed E-state index contributed by atoms with van der Waals surface area (Å²) in [7, 11) is 0. The van der Waals surface area contributed by atoms with Crippen LogP contribution in [-0.4, -0.2) is 16.6 Å². The third-order valence-electron chi connectivity index (χ3n) is 3.85. The van der Waals surface area contributed by atoms with Crippen molar-refractivity contribution in [1.82, 2.24) is 4.98 Å². The number of benzene rings is 1. The lowest BCUT2D eigenvalue weighted by Crippen LogP contribution is -2.22. The zero-order valence-electron chi connectivity index (χ0n) is 11.9. The minimum absolute atomic E-state index is 0.363. The summed E-state index contributed by atoms with van der Waals surface area (Å²) in [4.78, 5) is 27.9. The Balaban J connectivity index is 2.33. The Morgan fingerprint density at radius 2 is 1.80 bits per heavy atom. The topological polar surface area (TPSA) is 49.9 Å². The minimum Gasteiger partial charge on any atom is -0.354 e. The number of para-hydroxylation sites is 1. The first kappa shape index (κ1) is 12.9. The molecule has 3 heteroatoms. The zero-order chi connectivity index (χ0) is 14.4. The first-order valence-corrected chi connectivity index (χ1v) is 6.90. The van der Waals surface area contributed by atoms with E-state index in [9.17, 15) is 9.59 Å². The highest BCUT2D eigenvalue weighted by molar-refractivity contribution is 6.54. The SMILES string of the molecule is CC1=C(CC(C)C)c2[nH]c3ccccc3c2C(=O)C1=O. The maximum atomic E-state index is 12.3. The van der Waals surface area contributed by atoms with E-state index < -0.39 is 0 Å². The molecule has 0 unspecified atom stereocenters. The smallest absolute Gasteiger partial charge is 0.235 e. The fourth-order valence-electron chi connectivity index (χ4n) is 2.88. The zero-order valence-corrected chi connectivity index (χ0v) is 11.9. The third-order valence-corrected chi connectivity index (χ3v) is 3.85. The van der Waals surface area contributed by atoms with E-state index in [1.807, 2.05) is 24.3 Å². The number of hydrogen-bond donors (Lipinski definition) is 1. The van der Waals surface area contributed by atoms with Gasteiger partial charge in [-0.3, -0.25) is 9.59 Å². The molecule has 0 atom stereocenters. The number of fused-ring (bicyclic) bond motifs is 3. The molecule has 0 fully saturated rings. The number of ketones is 2. The second kappa shape index (κ2) is 4.44. The van der Waals surface area contributed by atoms with Crippen molar-refractivity contribution < 1.29 is 9.59 Å². The Labute approximate surface area is 117 Å². The first-order chi connectivity index (χ1) is 9.50. The Hall–Kier alpha value is -2.16. The molecule has 3 nitrogen and oxygen atoms in total. The molecule has 1 aromatic carbocycles. The number of Topliss-reactive ketones (excluding diaryl/α,β-unsaturated/α-hetero) is 2. The van der Waals surface area contributed by atoms with E-state index in [1.165, 1.54) is 0 Å². The maximum Gasteiger partial charge on any atom is 0.235 e. The van der Waals surface area contributed by atoms with Gasteiger partial charge in [0.15, 0.2) is 0 Å². The van der Waals surface area contributed by atoms with Crippen LogP contribution in [-0.2, 0) is 4.79 Å². The standard InChI is InChI=1S/C17H17NO2/c1-9(2)8-12-10(3)16(19)17(20)14-11-6-4-5-7-13(11)18-15(12)14/h4-7,9,18H,8H2,1-3H3. The summed E-state index contributed by atoms with van der Waals surface area (Å²) in [6.45, 7) is 5.99. The molecule has 0 spiro atoms. The van der Waals surface area contributed by atoms with Crippen LogP contribution in [0.5, 0.6) is 0 Å². The van der Waals surface area contributed by atoms with Crippen molar-refractivity contribution in [1.29, 1.82) is 0 Å². The van der Waals surface area contributed by atoms with Crippen LogP contribution in [0.25, 0.3) is 16.5 Å². The highest BCUT2D eigenvalue weighted by atomic mass is 16.2. The summed E-state index contributed by atoms with van der Waals surface area (Å²) < 4.78 is 0. The lowest BCUT2D eigenvalue weighted by Gasteiger charge is -2.18. The molecule has 2 aromatic rings. The van der Waals surface area contributed by atoms with Crippen LogP contribution in [0.2, 0.25) is 0 Å². The van der Waals surface area contributed by atoms with E-state index in [-0.39, 0.29) is 11.6 Å². The predicted molar refractivity (Wildman–Crippen MR) is 79.7 cm³/mol. The van der Waals surface area contributed by atoms with Gasteiger partial charge < -0.3 is 4.98 Å². The van der Waals surface area contributed by atoms with Gasteiger partial charge in [-0.25, -0.2) is 0 Å². The average molecular weight is 267 g/mol. The van der Waals surface area contributed by atoms with Crippen LogP contribution in [0.4, 0.5) is 0 Å². The molecular formula is C17H17NO2. The van der Waals surface area contributed by atoms with E-state index >= 15 is 0 Å². The number of rotatable bonds is 2. The van der Waals surface area contributed by atoms with Crippen molar-refractivity contribution in [2.45, 2.75) is 27.2 Å². The summed E-state index contributed by atoms with van der Waals surface area (Å²) in [5.74, 6) is -0.319. The molecule has 1 heterocycles. The van der Waals surface area contributed by atoms with Crippen LogP contribution in [0.15, 0.2) is 29.8 Å². The molecule has 0 saturated heterocycles. The summed E-state index contributed by atoms with van der Waals surface area (Å²) in [5, 5.41) is 0.842. The van der Waals surface area contributed by atoms with Crippen molar-refractivity contribution in [3.63, 3.8) is 0 Å². The summed E-state index contributed by atoms with van der Waals surface area (Å²) >= 11 is 0. The number of aromatic amines is 1. The fourth-order valence-corrected chi connectivity index (χ4v) is 2.88. The van der Waals surface area contributed by atoms with Gasteiger partial charge in [0.2, 0.25) is 11.6 Å². The van der Waals surface area contributed by atoms with Crippen molar-refractivity contribution in [2.75, 3.05) is 0 Å². The van der Waals surface area contributed by atoms with Gasteiger partial charge in [0.1, 0.15) is 0 Å². The Morgan fingerprint density at radius 3 is 2.50 bits per heavy atom. The maximum absolute atomic E-state index is 12.3. The van der Waals surface area contributed by atoms with Crippen LogP contribution in [0.1, 0.15) is 43.2 Å². The van der Waals surface area contributed by atoms with Crippen LogP contribution in [0.3, 0.4) is 0 Å². The Bertz CT molecular complexity index is 762. The molecule has 20 heavy (non-hydrogen) atoms. The number of carbonyl (C=O) groups excluding carboxylic acids is 2. The van der Waals surface area contributed by atoms with Gasteiger partial charge in [-0.15, -0.1) is 0 Å². The minimum atomic E-state index is -0.387. The molecule has 1 aliphatic carbocycles. The highest BCUT2D eigenvalue weighted by Crippen LogP contribution is 2.37. The number of carbonyl (C=O) groups is 2. The van der Waals surface area contributed by atoms with Gasteiger partial charge in [0.25, 0.3) is 0 Å². The summed E-state index contributed by atoms with van der Waals surface area (Å²) in [6, 6.07) is 7.65. The van der Waals surface area contributed by atoms with Crippen molar-refractivity contribution in [3.05, 3.63) is 41.1 Å². The van der Waals surface area contributed by atoms with Crippen LogP contribution >= 0.6 is 0 Å². The van der Waals surface area contributed by atoms with Gasteiger partial charge in [0, 0.05) is 16.5 Å². The van der Waals surface area contributed by atoms with Crippen LogP contribution < -0.4 is 0 Å². The van der Waals surface area contributed by atoms with Crippen molar-refractivity contribution in [3.8, 4) is 0 Å². The van der Waals surface area contributed by atoms with Crippen molar-refractivity contribution >= 4 is 28.0 Å². The quantitative estimate of drug-likeness (QED) is 0.842. The molecular weight excluding hydrogens is 250 g/mol.